The van der Waals surface area contributed by atoms with Crippen LogP contribution in [-0.2, 0) is 11.3 Å². The van der Waals surface area contributed by atoms with E-state index in [4.69, 9.17) is 5.11 Å². The lowest BCUT2D eigenvalue weighted by Crippen LogP contribution is -2.45. The van der Waals surface area contributed by atoms with Crippen molar-refractivity contribution in [2.75, 3.05) is 11.4 Å². The van der Waals surface area contributed by atoms with Crippen LogP contribution in [0.25, 0.3) is 0 Å². The van der Waals surface area contributed by atoms with Crippen molar-refractivity contribution in [1.29, 1.82) is 0 Å². The lowest BCUT2D eigenvalue weighted by molar-refractivity contribution is -0.137. The van der Waals surface area contributed by atoms with Crippen LogP contribution in [0.3, 0.4) is 0 Å². The molecule has 0 aromatic carbocycles. The monoisotopic (exact) mass is 236 g/mol. The molecular weight excluding hydrogens is 224 g/mol. The van der Waals surface area contributed by atoms with Crippen molar-refractivity contribution in [2.45, 2.75) is 13.0 Å². The molecule has 0 spiro atoms. The highest BCUT2D eigenvalue weighted by Crippen LogP contribution is 2.17. The fraction of sp³-hybridized carbons (Fsp3) is 0.300. The van der Waals surface area contributed by atoms with Crippen LogP contribution in [0.1, 0.15) is 6.42 Å². The van der Waals surface area contributed by atoms with Crippen LogP contribution >= 0.6 is 0 Å². The largest absolute Gasteiger partial charge is 0.480 e. The number of nitrogens with zero attached hydrogens (tertiary/aromatic N) is 3. The van der Waals surface area contributed by atoms with Gasteiger partial charge in [0, 0.05) is 24.9 Å². The number of carboxylic acid groups (broad SMARTS) is 1. The minimum atomic E-state index is -0.976. The van der Waals surface area contributed by atoms with E-state index < -0.39 is 5.97 Å². The molecule has 2 N–H and O–H groups in total. The molecular formula is C10H12N4O3. The van der Waals surface area contributed by atoms with Gasteiger partial charge in [0.05, 0.1) is 11.9 Å². The molecule has 2 rings (SSSR count). The van der Waals surface area contributed by atoms with Crippen molar-refractivity contribution < 1.29 is 14.7 Å². The highest BCUT2D eigenvalue weighted by atomic mass is 16.4. The molecule has 2 amide bonds. The summed E-state index contributed by atoms with van der Waals surface area (Å²) in [6, 6.07) is -0.267. The van der Waals surface area contributed by atoms with Crippen LogP contribution in [-0.4, -0.2) is 33.4 Å². The van der Waals surface area contributed by atoms with Crippen molar-refractivity contribution in [3.8, 4) is 0 Å². The van der Waals surface area contributed by atoms with Gasteiger partial charge < -0.3 is 10.4 Å². The first kappa shape index (κ1) is 11.2. The first-order valence-electron chi connectivity index (χ1n) is 5.07. The first-order valence-corrected chi connectivity index (χ1v) is 5.07. The second-order valence-corrected chi connectivity index (χ2v) is 3.73. The summed E-state index contributed by atoms with van der Waals surface area (Å²) in [5.41, 5.74) is 1.26. The minimum Gasteiger partial charge on any atom is -0.480 e. The van der Waals surface area contributed by atoms with Crippen molar-refractivity contribution >= 4 is 17.7 Å². The SMILES string of the molecule is C=C1CCN(c2cnn(CC(=O)O)c2)C(=O)N1. The molecule has 0 unspecified atom stereocenters. The van der Waals surface area contributed by atoms with E-state index in [-0.39, 0.29) is 12.6 Å². The molecule has 1 aliphatic heterocycles. The number of nitrogens with one attached hydrogen (secondary N) is 1. The number of carboxylic acids is 1. The zero-order valence-electron chi connectivity index (χ0n) is 9.09. The number of aromatic nitrogens is 2. The molecule has 0 atom stereocenters. The Kier molecular flexibility index (Phi) is 2.82. The summed E-state index contributed by atoms with van der Waals surface area (Å²) < 4.78 is 1.27. The van der Waals surface area contributed by atoms with Crippen LogP contribution in [0.2, 0.25) is 0 Å². The van der Waals surface area contributed by atoms with E-state index in [1.165, 1.54) is 22.0 Å². The molecule has 0 radical (unpaired) electrons. The Balaban J connectivity index is 2.12. The summed E-state index contributed by atoms with van der Waals surface area (Å²) in [5, 5.41) is 15.1. The minimum absolute atomic E-state index is 0.220. The summed E-state index contributed by atoms with van der Waals surface area (Å²) in [7, 11) is 0. The van der Waals surface area contributed by atoms with Gasteiger partial charge in [-0.3, -0.25) is 14.4 Å². The number of anilines is 1. The highest BCUT2D eigenvalue weighted by molar-refractivity contribution is 5.93. The summed E-state index contributed by atoms with van der Waals surface area (Å²) in [6.07, 6.45) is 3.66. The van der Waals surface area contributed by atoms with Gasteiger partial charge >= 0.3 is 12.0 Å². The fourth-order valence-corrected chi connectivity index (χ4v) is 1.59. The third-order valence-corrected chi connectivity index (χ3v) is 2.39. The lowest BCUT2D eigenvalue weighted by atomic mass is 10.2. The van der Waals surface area contributed by atoms with E-state index in [1.54, 1.807) is 0 Å². The highest BCUT2D eigenvalue weighted by Gasteiger charge is 2.22. The second kappa shape index (κ2) is 4.28. The summed E-state index contributed by atoms with van der Waals surface area (Å²) in [4.78, 5) is 23.6. The molecule has 1 aromatic rings. The second-order valence-electron chi connectivity index (χ2n) is 3.73. The number of carbonyl (C=O) groups is 2. The van der Waals surface area contributed by atoms with Gasteiger partial charge in [-0.1, -0.05) is 6.58 Å². The zero-order valence-corrected chi connectivity index (χ0v) is 9.09. The van der Waals surface area contributed by atoms with E-state index in [2.05, 4.69) is 17.0 Å². The van der Waals surface area contributed by atoms with Gasteiger partial charge in [0.1, 0.15) is 6.54 Å². The molecule has 17 heavy (non-hydrogen) atoms. The first-order chi connectivity index (χ1) is 8.06. The van der Waals surface area contributed by atoms with Crippen molar-refractivity contribution in [3.63, 3.8) is 0 Å². The van der Waals surface area contributed by atoms with Crippen LogP contribution in [0, 0.1) is 0 Å². The van der Waals surface area contributed by atoms with Crippen molar-refractivity contribution in [3.05, 3.63) is 24.7 Å². The molecule has 0 bridgehead atoms. The molecule has 1 aromatic heterocycles. The number of urea groups is 1. The van der Waals surface area contributed by atoms with Crippen LogP contribution in [0.5, 0.6) is 0 Å². The Morgan fingerprint density at radius 2 is 2.41 bits per heavy atom. The number of rotatable bonds is 3. The number of amides is 2. The normalized spacial score (nSPS) is 15.9. The zero-order chi connectivity index (χ0) is 12.4. The molecule has 1 aliphatic rings. The Hall–Kier alpha value is -2.31. The Bertz CT molecular complexity index is 480. The van der Waals surface area contributed by atoms with Crippen molar-refractivity contribution in [2.24, 2.45) is 0 Å². The summed E-state index contributed by atoms with van der Waals surface area (Å²) in [5.74, 6) is -0.976. The van der Waals surface area contributed by atoms with E-state index in [9.17, 15) is 9.59 Å². The van der Waals surface area contributed by atoms with Gasteiger partial charge in [0.2, 0.25) is 0 Å². The predicted molar refractivity (Wildman–Crippen MR) is 59.5 cm³/mol. The van der Waals surface area contributed by atoms with Crippen LogP contribution in [0.4, 0.5) is 10.5 Å². The third kappa shape index (κ3) is 2.44. The number of aliphatic carboxylic acids is 1. The van der Waals surface area contributed by atoms with Gasteiger partial charge in [-0.15, -0.1) is 0 Å². The van der Waals surface area contributed by atoms with Gasteiger partial charge in [0.15, 0.2) is 0 Å². The molecule has 90 valence electrons. The van der Waals surface area contributed by atoms with Gasteiger partial charge in [-0.25, -0.2) is 4.79 Å². The molecule has 7 nitrogen and oxygen atoms in total. The van der Waals surface area contributed by atoms with Crippen LogP contribution < -0.4 is 10.2 Å². The Morgan fingerprint density at radius 1 is 1.65 bits per heavy atom. The maximum atomic E-state index is 11.6. The maximum Gasteiger partial charge on any atom is 0.326 e. The third-order valence-electron chi connectivity index (χ3n) is 2.39. The average molecular weight is 236 g/mol. The number of hydrogen-bond donors (Lipinski definition) is 2. The molecule has 1 saturated heterocycles. The molecule has 1 fully saturated rings. The standard InChI is InChI=1S/C10H12N4O3/c1-7-2-3-14(10(17)12-7)8-4-11-13(5-8)6-9(15)16/h4-5H,1-3,6H2,(H,12,17)(H,15,16). The summed E-state index contributed by atoms with van der Waals surface area (Å²) >= 11 is 0. The molecule has 7 heteroatoms. The Morgan fingerprint density at radius 3 is 3.06 bits per heavy atom. The molecule has 0 aliphatic carbocycles. The van der Waals surface area contributed by atoms with E-state index >= 15 is 0 Å². The molecule has 0 saturated carbocycles. The average Bonchev–Trinajstić information content (AvgIpc) is 2.65. The van der Waals surface area contributed by atoms with Crippen LogP contribution in [0.15, 0.2) is 24.7 Å². The smallest absolute Gasteiger partial charge is 0.326 e. The predicted octanol–water partition coefficient (Wildman–Crippen LogP) is 0.401. The van der Waals surface area contributed by atoms with Gasteiger partial charge in [-0.05, 0) is 0 Å². The topological polar surface area (TPSA) is 87.5 Å². The maximum absolute atomic E-state index is 11.6. The summed E-state index contributed by atoms with van der Waals surface area (Å²) in [6.45, 7) is 3.98. The van der Waals surface area contributed by atoms with E-state index in [1.807, 2.05) is 0 Å². The van der Waals surface area contributed by atoms with Gasteiger partial charge in [-0.2, -0.15) is 5.10 Å². The lowest BCUT2D eigenvalue weighted by Gasteiger charge is -2.27. The van der Waals surface area contributed by atoms with E-state index in [0.29, 0.717) is 24.4 Å². The number of carbonyl (C=O) groups excluding carboxylic acids is 1. The quantitative estimate of drug-likeness (QED) is 0.795. The van der Waals surface area contributed by atoms with Crippen molar-refractivity contribution in [1.82, 2.24) is 15.1 Å². The van der Waals surface area contributed by atoms with E-state index in [0.717, 1.165) is 0 Å². The Labute approximate surface area is 97.3 Å². The molecule has 2 heterocycles. The number of hydrogen-bond acceptors (Lipinski definition) is 3. The van der Waals surface area contributed by atoms with Gasteiger partial charge in [0.25, 0.3) is 0 Å². The fourth-order valence-electron chi connectivity index (χ4n) is 1.59.